The highest BCUT2D eigenvalue weighted by molar-refractivity contribution is 6.53. The number of halogens is 1. The molecule has 4 nitrogen and oxygen atoms in total. The Labute approximate surface area is 152 Å². The molecule has 0 aromatic heterocycles. The van der Waals surface area contributed by atoms with Gasteiger partial charge < -0.3 is 5.32 Å². The molecule has 3 rings (SSSR count). The maximum atomic E-state index is 12.8. The van der Waals surface area contributed by atoms with Crippen LogP contribution in [-0.2, 0) is 16.0 Å². The van der Waals surface area contributed by atoms with Crippen LogP contribution in [-0.4, -0.2) is 11.8 Å². The summed E-state index contributed by atoms with van der Waals surface area (Å²) in [6.45, 7) is 5.99. The number of benzene rings is 2. The molecular formula is C20H19ClN2O2. The second-order valence-electron chi connectivity index (χ2n) is 6.08. The Morgan fingerprint density at radius 1 is 0.960 bits per heavy atom. The first-order chi connectivity index (χ1) is 11.9. The molecule has 0 aliphatic carbocycles. The fourth-order valence-electron chi connectivity index (χ4n) is 2.68. The van der Waals surface area contributed by atoms with Crippen molar-refractivity contribution in [2.75, 3.05) is 10.2 Å². The van der Waals surface area contributed by atoms with Crippen molar-refractivity contribution in [3.8, 4) is 0 Å². The summed E-state index contributed by atoms with van der Waals surface area (Å²) < 4.78 is 0. The summed E-state index contributed by atoms with van der Waals surface area (Å²) in [7, 11) is 0. The molecule has 128 valence electrons. The number of anilines is 2. The minimum Gasteiger partial charge on any atom is -0.350 e. The van der Waals surface area contributed by atoms with Crippen LogP contribution in [0.2, 0.25) is 0 Å². The highest BCUT2D eigenvalue weighted by Gasteiger charge is 2.39. The van der Waals surface area contributed by atoms with Crippen molar-refractivity contribution < 1.29 is 9.59 Å². The monoisotopic (exact) mass is 354 g/mol. The van der Waals surface area contributed by atoms with E-state index in [1.165, 1.54) is 5.56 Å². The summed E-state index contributed by atoms with van der Waals surface area (Å²) >= 11 is 6.15. The minimum atomic E-state index is -0.511. The average molecular weight is 355 g/mol. The van der Waals surface area contributed by atoms with Gasteiger partial charge >= 0.3 is 0 Å². The lowest BCUT2D eigenvalue weighted by Gasteiger charge is -2.16. The quantitative estimate of drug-likeness (QED) is 0.833. The van der Waals surface area contributed by atoms with Gasteiger partial charge in [0, 0.05) is 5.69 Å². The third kappa shape index (κ3) is 3.17. The summed E-state index contributed by atoms with van der Waals surface area (Å²) in [5, 5.41) is 2.89. The largest absolute Gasteiger partial charge is 0.350 e. The molecule has 0 bridgehead atoms. The van der Waals surface area contributed by atoms with Crippen LogP contribution >= 0.6 is 11.6 Å². The van der Waals surface area contributed by atoms with E-state index in [9.17, 15) is 9.59 Å². The number of carbonyl (C=O) groups excluding carboxylic acids is 2. The molecule has 2 aromatic carbocycles. The molecule has 5 heteroatoms. The molecule has 1 aliphatic rings. The van der Waals surface area contributed by atoms with E-state index in [-0.39, 0.29) is 10.7 Å². The summed E-state index contributed by atoms with van der Waals surface area (Å²) in [5.41, 5.74) is 4.63. The van der Waals surface area contributed by atoms with E-state index in [4.69, 9.17) is 11.6 Å². The third-order valence-corrected chi connectivity index (χ3v) is 4.76. The second-order valence-corrected chi connectivity index (χ2v) is 6.46. The van der Waals surface area contributed by atoms with Gasteiger partial charge in [0.25, 0.3) is 11.8 Å². The number of nitrogens with zero attached hydrogens (tertiary/aromatic N) is 1. The minimum absolute atomic E-state index is 0.0946. The van der Waals surface area contributed by atoms with Crippen molar-refractivity contribution in [3.05, 3.63) is 69.9 Å². The van der Waals surface area contributed by atoms with Gasteiger partial charge in [-0.1, -0.05) is 36.7 Å². The lowest BCUT2D eigenvalue weighted by atomic mass is 10.1. The lowest BCUT2D eigenvalue weighted by molar-refractivity contribution is -0.120. The van der Waals surface area contributed by atoms with Crippen LogP contribution < -0.4 is 10.2 Å². The number of nitrogens with one attached hydrogen (secondary N) is 1. The van der Waals surface area contributed by atoms with Gasteiger partial charge in [-0.05, 0) is 61.2 Å². The van der Waals surface area contributed by atoms with Crippen LogP contribution in [0.4, 0.5) is 11.4 Å². The Morgan fingerprint density at radius 3 is 2.24 bits per heavy atom. The first kappa shape index (κ1) is 17.2. The van der Waals surface area contributed by atoms with Gasteiger partial charge in [0.05, 0.1) is 5.69 Å². The van der Waals surface area contributed by atoms with E-state index >= 15 is 0 Å². The van der Waals surface area contributed by atoms with Crippen LogP contribution in [0.5, 0.6) is 0 Å². The topological polar surface area (TPSA) is 49.4 Å². The first-order valence-electron chi connectivity index (χ1n) is 8.14. The highest BCUT2D eigenvalue weighted by atomic mass is 35.5. The van der Waals surface area contributed by atoms with E-state index in [0.717, 1.165) is 22.4 Å². The molecule has 0 unspecified atom stereocenters. The average Bonchev–Trinajstić information content (AvgIpc) is 2.82. The van der Waals surface area contributed by atoms with Gasteiger partial charge in [-0.2, -0.15) is 0 Å². The zero-order valence-electron chi connectivity index (χ0n) is 14.4. The Balaban J connectivity index is 1.89. The van der Waals surface area contributed by atoms with Crippen molar-refractivity contribution in [3.63, 3.8) is 0 Å². The number of amides is 2. The molecule has 2 amide bonds. The second kappa shape index (κ2) is 6.73. The van der Waals surface area contributed by atoms with E-state index in [2.05, 4.69) is 12.2 Å². The van der Waals surface area contributed by atoms with E-state index in [0.29, 0.717) is 11.4 Å². The van der Waals surface area contributed by atoms with Gasteiger partial charge in [0.15, 0.2) is 0 Å². The molecular weight excluding hydrogens is 336 g/mol. The fourth-order valence-corrected chi connectivity index (χ4v) is 2.89. The van der Waals surface area contributed by atoms with E-state index in [1.54, 1.807) is 6.07 Å². The predicted molar refractivity (Wildman–Crippen MR) is 101 cm³/mol. The summed E-state index contributed by atoms with van der Waals surface area (Å²) in [6, 6.07) is 13.1. The zero-order chi connectivity index (χ0) is 18.1. The molecule has 1 aliphatic heterocycles. The van der Waals surface area contributed by atoms with Crippen LogP contribution in [0.25, 0.3) is 0 Å². The lowest BCUT2D eigenvalue weighted by Crippen LogP contribution is -2.32. The molecule has 0 radical (unpaired) electrons. The van der Waals surface area contributed by atoms with Crippen molar-refractivity contribution >= 4 is 34.8 Å². The van der Waals surface area contributed by atoms with Gasteiger partial charge in [-0.15, -0.1) is 0 Å². The van der Waals surface area contributed by atoms with Crippen LogP contribution in [0.3, 0.4) is 0 Å². The fraction of sp³-hybridized carbons (Fsp3) is 0.200. The van der Waals surface area contributed by atoms with Crippen molar-refractivity contribution in [1.82, 2.24) is 0 Å². The van der Waals surface area contributed by atoms with Gasteiger partial charge in [-0.3, -0.25) is 9.59 Å². The molecule has 0 saturated heterocycles. The highest BCUT2D eigenvalue weighted by Crippen LogP contribution is 2.31. The summed E-state index contributed by atoms with van der Waals surface area (Å²) in [6.07, 6.45) is 0.932. The molecule has 0 saturated carbocycles. The van der Waals surface area contributed by atoms with E-state index < -0.39 is 11.8 Å². The standard InChI is InChI=1S/C20H19ClN2O2/c1-4-14-6-8-15(9-7-14)22-18-17(21)19(24)23(20(18)25)16-10-5-12(2)13(3)11-16/h5-11,22H,4H2,1-3H3. The number of hydrogen-bond acceptors (Lipinski definition) is 3. The van der Waals surface area contributed by atoms with Gasteiger partial charge in [0.1, 0.15) is 10.7 Å². The molecule has 0 spiro atoms. The SMILES string of the molecule is CCc1ccc(NC2=C(Cl)C(=O)N(c3ccc(C)c(C)c3)C2=O)cc1. The van der Waals surface area contributed by atoms with E-state index in [1.807, 2.05) is 50.2 Å². The molecule has 0 atom stereocenters. The van der Waals surface area contributed by atoms with Crippen LogP contribution in [0.1, 0.15) is 23.6 Å². The van der Waals surface area contributed by atoms with Crippen molar-refractivity contribution in [2.24, 2.45) is 0 Å². The Morgan fingerprint density at radius 2 is 1.64 bits per heavy atom. The summed E-state index contributed by atoms with van der Waals surface area (Å²) in [4.78, 5) is 26.3. The van der Waals surface area contributed by atoms with Crippen LogP contribution in [0.15, 0.2) is 53.2 Å². The maximum Gasteiger partial charge on any atom is 0.283 e. The molecule has 2 aromatic rings. The Hall–Kier alpha value is -2.59. The smallest absolute Gasteiger partial charge is 0.283 e. The molecule has 0 fully saturated rings. The summed E-state index contributed by atoms with van der Waals surface area (Å²) in [5.74, 6) is -0.958. The van der Waals surface area contributed by atoms with Crippen molar-refractivity contribution in [2.45, 2.75) is 27.2 Å². The molecule has 1 heterocycles. The Kier molecular flexibility index (Phi) is 4.64. The van der Waals surface area contributed by atoms with Crippen molar-refractivity contribution in [1.29, 1.82) is 0 Å². The maximum absolute atomic E-state index is 12.8. The number of carbonyl (C=O) groups is 2. The number of hydrogen-bond donors (Lipinski definition) is 1. The number of rotatable bonds is 4. The van der Waals surface area contributed by atoms with Crippen LogP contribution in [0, 0.1) is 13.8 Å². The normalized spacial score (nSPS) is 14.5. The third-order valence-electron chi connectivity index (χ3n) is 4.41. The van der Waals surface area contributed by atoms with Gasteiger partial charge in [0.2, 0.25) is 0 Å². The molecule has 1 N–H and O–H groups in total. The zero-order valence-corrected chi connectivity index (χ0v) is 15.1. The first-order valence-corrected chi connectivity index (χ1v) is 8.52. The number of imide groups is 1. The van der Waals surface area contributed by atoms with Gasteiger partial charge in [-0.25, -0.2) is 4.90 Å². The Bertz CT molecular complexity index is 885. The molecule has 25 heavy (non-hydrogen) atoms. The number of aryl methyl sites for hydroxylation is 3. The predicted octanol–water partition coefficient (Wildman–Crippen LogP) is 4.30.